The van der Waals surface area contributed by atoms with E-state index in [1.807, 2.05) is 0 Å². The number of nitrogens with one attached hydrogen (secondary N) is 2. The minimum absolute atomic E-state index is 0.199. The molecule has 1 fully saturated rings. The zero-order valence-electron chi connectivity index (χ0n) is 12.9. The minimum atomic E-state index is 0.199. The molecule has 0 spiro atoms. The Morgan fingerprint density at radius 1 is 1.36 bits per heavy atom. The summed E-state index contributed by atoms with van der Waals surface area (Å²) in [6, 6.07) is 8.51. The van der Waals surface area contributed by atoms with Crippen molar-refractivity contribution in [3.05, 3.63) is 35.2 Å². The number of aryl methyl sites for hydroxylation is 1. The summed E-state index contributed by atoms with van der Waals surface area (Å²) in [6.45, 7) is 2.99. The van der Waals surface area contributed by atoms with Crippen LogP contribution in [0.4, 0.5) is 0 Å². The molecule has 1 aliphatic rings. The largest absolute Gasteiger partial charge is 0.356 e. The van der Waals surface area contributed by atoms with Gasteiger partial charge in [-0.15, -0.1) is 11.3 Å². The van der Waals surface area contributed by atoms with E-state index in [4.69, 9.17) is 0 Å². The summed E-state index contributed by atoms with van der Waals surface area (Å²) in [4.78, 5) is 11.9. The average molecular weight is 316 g/mol. The van der Waals surface area contributed by atoms with Gasteiger partial charge in [0, 0.05) is 17.7 Å². The molecule has 1 atom stereocenters. The fraction of sp³-hybridized carbons (Fsp3) is 0.500. The fourth-order valence-corrected chi connectivity index (χ4v) is 4.11. The topological polar surface area (TPSA) is 41.1 Å². The molecule has 2 aromatic rings. The van der Waals surface area contributed by atoms with Crippen LogP contribution in [0.1, 0.15) is 31.2 Å². The highest BCUT2D eigenvalue weighted by molar-refractivity contribution is 7.17. The van der Waals surface area contributed by atoms with Gasteiger partial charge >= 0.3 is 0 Å². The van der Waals surface area contributed by atoms with Gasteiger partial charge in [-0.3, -0.25) is 4.79 Å². The van der Waals surface area contributed by atoms with Crippen molar-refractivity contribution >= 4 is 27.3 Å². The minimum Gasteiger partial charge on any atom is -0.356 e. The zero-order valence-corrected chi connectivity index (χ0v) is 13.8. The average Bonchev–Trinajstić information content (AvgIpc) is 2.97. The van der Waals surface area contributed by atoms with Gasteiger partial charge in [0.2, 0.25) is 5.91 Å². The number of amides is 1. The first kappa shape index (κ1) is 15.5. The molecule has 0 radical (unpaired) electrons. The summed E-state index contributed by atoms with van der Waals surface area (Å²) in [5.74, 6) is 0.809. The maximum Gasteiger partial charge on any atom is 0.220 e. The second-order valence-corrected chi connectivity index (χ2v) is 7.04. The number of hydrogen-bond donors (Lipinski definition) is 2. The second kappa shape index (κ2) is 7.75. The first-order valence-electron chi connectivity index (χ1n) is 8.25. The molecule has 0 saturated carbocycles. The van der Waals surface area contributed by atoms with Crippen LogP contribution in [-0.4, -0.2) is 25.5 Å². The van der Waals surface area contributed by atoms with Gasteiger partial charge in [0.15, 0.2) is 0 Å². The number of hydrogen-bond acceptors (Lipinski definition) is 3. The van der Waals surface area contributed by atoms with E-state index < -0.39 is 0 Å². The third-order valence-corrected chi connectivity index (χ3v) is 5.41. The van der Waals surface area contributed by atoms with Gasteiger partial charge in [-0.1, -0.05) is 18.2 Å². The summed E-state index contributed by atoms with van der Waals surface area (Å²) >= 11 is 1.79. The molecule has 0 aliphatic carbocycles. The molecule has 3 nitrogen and oxygen atoms in total. The van der Waals surface area contributed by atoms with E-state index in [2.05, 4.69) is 40.3 Å². The Balaban J connectivity index is 1.40. The number of benzene rings is 1. The number of thiophene rings is 1. The van der Waals surface area contributed by atoms with E-state index in [1.54, 1.807) is 11.3 Å². The first-order chi connectivity index (χ1) is 10.8. The summed E-state index contributed by atoms with van der Waals surface area (Å²) in [5.41, 5.74) is 1.38. The molecular weight excluding hydrogens is 292 g/mol. The van der Waals surface area contributed by atoms with E-state index in [-0.39, 0.29) is 5.91 Å². The summed E-state index contributed by atoms with van der Waals surface area (Å²) in [6.07, 6.45) is 5.00. The van der Waals surface area contributed by atoms with Gasteiger partial charge < -0.3 is 10.6 Å². The molecule has 1 aliphatic heterocycles. The normalized spacial score (nSPS) is 18.5. The summed E-state index contributed by atoms with van der Waals surface area (Å²) in [7, 11) is 0. The van der Waals surface area contributed by atoms with E-state index >= 15 is 0 Å². The third-order valence-electron chi connectivity index (χ3n) is 4.40. The lowest BCUT2D eigenvalue weighted by Gasteiger charge is -2.22. The quantitative estimate of drug-likeness (QED) is 0.858. The number of rotatable bonds is 6. The van der Waals surface area contributed by atoms with Crippen LogP contribution in [0.5, 0.6) is 0 Å². The molecule has 22 heavy (non-hydrogen) atoms. The Hall–Kier alpha value is -1.39. The first-order valence-corrected chi connectivity index (χ1v) is 9.13. The lowest BCUT2D eigenvalue weighted by Crippen LogP contribution is -2.38. The summed E-state index contributed by atoms with van der Waals surface area (Å²) < 4.78 is 1.34. The van der Waals surface area contributed by atoms with Crippen LogP contribution in [0.2, 0.25) is 0 Å². The number of piperidine rings is 1. The molecule has 1 aromatic carbocycles. The monoisotopic (exact) mass is 316 g/mol. The van der Waals surface area contributed by atoms with E-state index in [0.717, 1.165) is 32.5 Å². The molecule has 2 heterocycles. The lowest BCUT2D eigenvalue weighted by molar-refractivity contribution is -0.121. The van der Waals surface area contributed by atoms with Crippen LogP contribution >= 0.6 is 11.3 Å². The molecule has 0 bridgehead atoms. The van der Waals surface area contributed by atoms with Crippen molar-refractivity contribution in [2.75, 3.05) is 19.6 Å². The molecule has 3 rings (SSSR count). The van der Waals surface area contributed by atoms with E-state index in [1.165, 1.54) is 28.5 Å². The maximum atomic E-state index is 11.9. The van der Waals surface area contributed by atoms with Crippen molar-refractivity contribution in [2.24, 2.45) is 5.92 Å². The molecule has 1 unspecified atom stereocenters. The van der Waals surface area contributed by atoms with Crippen molar-refractivity contribution in [3.8, 4) is 0 Å². The van der Waals surface area contributed by atoms with Gasteiger partial charge in [0.05, 0.1) is 0 Å². The van der Waals surface area contributed by atoms with Gasteiger partial charge in [-0.05, 0) is 67.1 Å². The van der Waals surface area contributed by atoms with Gasteiger partial charge in [-0.2, -0.15) is 0 Å². The lowest BCUT2D eigenvalue weighted by atomic mass is 9.99. The van der Waals surface area contributed by atoms with Crippen LogP contribution in [0, 0.1) is 5.92 Å². The van der Waals surface area contributed by atoms with Gasteiger partial charge in [-0.25, -0.2) is 0 Å². The molecule has 2 N–H and O–H groups in total. The predicted octanol–water partition coefficient (Wildman–Crippen LogP) is 3.34. The molecule has 1 aromatic heterocycles. The maximum absolute atomic E-state index is 11.9. The van der Waals surface area contributed by atoms with E-state index in [0.29, 0.717) is 12.3 Å². The molecule has 1 saturated heterocycles. The highest BCUT2D eigenvalue weighted by Gasteiger charge is 2.13. The SMILES string of the molecule is O=C(CCCc1csc2ccccc12)NCC1CCCNC1. The van der Waals surface area contributed by atoms with Crippen molar-refractivity contribution in [1.29, 1.82) is 0 Å². The standard InChI is InChI=1S/C18H24N2OS/c21-18(20-12-14-5-4-10-19-11-14)9-3-6-15-13-22-17-8-2-1-7-16(15)17/h1-2,7-8,13-14,19H,3-6,9-12H2,(H,20,21). The van der Waals surface area contributed by atoms with Crippen LogP contribution < -0.4 is 10.6 Å². The van der Waals surface area contributed by atoms with Crippen molar-refractivity contribution in [3.63, 3.8) is 0 Å². The van der Waals surface area contributed by atoms with Crippen LogP contribution in [0.25, 0.3) is 10.1 Å². The number of carbonyl (C=O) groups is 1. The molecular formula is C18H24N2OS. The Labute approximate surface area is 136 Å². The Morgan fingerprint density at radius 3 is 3.14 bits per heavy atom. The van der Waals surface area contributed by atoms with Crippen molar-refractivity contribution < 1.29 is 4.79 Å². The van der Waals surface area contributed by atoms with Crippen LogP contribution in [-0.2, 0) is 11.2 Å². The molecule has 1 amide bonds. The second-order valence-electron chi connectivity index (χ2n) is 6.13. The Kier molecular flexibility index (Phi) is 5.46. The summed E-state index contributed by atoms with van der Waals surface area (Å²) in [5, 5.41) is 10.1. The predicted molar refractivity (Wildman–Crippen MR) is 93.4 cm³/mol. The smallest absolute Gasteiger partial charge is 0.220 e. The highest BCUT2D eigenvalue weighted by atomic mass is 32.1. The number of carbonyl (C=O) groups excluding carboxylic acids is 1. The van der Waals surface area contributed by atoms with Gasteiger partial charge in [0.25, 0.3) is 0 Å². The molecule has 118 valence electrons. The van der Waals surface area contributed by atoms with Gasteiger partial charge in [0.1, 0.15) is 0 Å². The van der Waals surface area contributed by atoms with Crippen LogP contribution in [0.15, 0.2) is 29.6 Å². The van der Waals surface area contributed by atoms with Crippen LogP contribution in [0.3, 0.4) is 0 Å². The Bertz CT molecular complexity index is 616. The van der Waals surface area contributed by atoms with Crippen molar-refractivity contribution in [1.82, 2.24) is 10.6 Å². The zero-order chi connectivity index (χ0) is 15.2. The highest BCUT2D eigenvalue weighted by Crippen LogP contribution is 2.26. The fourth-order valence-electron chi connectivity index (χ4n) is 3.11. The number of fused-ring (bicyclic) bond motifs is 1. The Morgan fingerprint density at radius 2 is 2.27 bits per heavy atom. The van der Waals surface area contributed by atoms with E-state index in [9.17, 15) is 4.79 Å². The third kappa shape index (κ3) is 4.08. The molecule has 4 heteroatoms. The van der Waals surface area contributed by atoms with Crippen molar-refractivity contribution in [2.45, 2.75) is 32.1 Å².